The molecule has 0 atom stereocenters. The molecule has 0 unspecified atom stereocenters. The van der Waals surface area contributed by atoms with Crippen LogP contribution in [0.1, 0.15) is 20.8 Å². The number of thiophene rings is 1. The van der Waals surface area contributed by atoms with E-state index in [1.165, 1.54) is 34.1 Å². The zero-order valence-electron chi connectivity index (χ0n) is 9.98. The van der Waals surface area contributed by atoms with Gasteiger partial charge in [0, 0.05) is 6.20 Å². The summed E-state index contributed by atoms with van der Waals surface area (Å²) >= 11 is 1.41. The van der Waals surface area contributed by atoms with E-state index in [0.717, 1.165) is 4.88 Å². The lowest BCUT2D eigenvalue weighted by molar-refractivity contribution is 0.0685. The van der Waals surface area contributed by atoms with Crippen molar-refractivity contribution in [3.63, 3.8) is 0 Å². The number of hydrogen-bond acceptors (Lipinski definition) is 4. The molecule has 7 heteroatoms. The van der Waals surface area contributed by atoms with Crippen LogP contribution in [-0.4, -0.2) is 31.5 Å². The topological polar surface area (TPSA) is 91.9 Å². The standard InChI is InChI=1S/C13H8N2O4S/c16-12(17)7-3-4-8-10(13(18)19)14-11(15(8)6-7)9-2-1-5-20-9/h1-6H,(H,16,17)(H,18,19). The van der Waals surface area contributed by atoms with E-state index in [9.17, 15) is 14.7 Å². The maximum Gasteiger partial charge on any atom is 0.356 e. The van der Waals surface area contributed by atoms with Crippen LogP contribution in [-0.2, 0) is 0 Å². The van der Waals surface area contributed by atoms with E-state index in [4.69, 9.17) is 5.11 Å². The van der Waals surface area contributed by atoms with Gasteiger partial charge in [-0.15, -0.1) is 11.3 Å². The van der Waals surface area contributed by atoms with Crippen LogP contribution in [0.15, 0.2) is 35.8 Å². The molecule has 6 nitrogen and oxygen atoms in total. The van der Waals surface area contributed by atoms with E-state index in [-0.39, 0.29) is 11.3 Å². The maximum atomic E-state index is 11.2. The first-order valence-electron chi connectivity index (χ1n) is 5.60. The van der Waals surface area contributed by atoms with Gasteiger partial charge in [0.15, 0.2) is 11.5 Å². The van der Waals surface area contributed by atoms with Crippen molar-refractivity contribution in [1.29, 1.82) is 0 Å². The lowest BCUT2D eigenvalue weighted by atomic mass is 10.2. The van der Waals surface area contributed by atoms with Crippen LogP contribution in [0.5, 0.6) is 0 Å². The molecule has 100 valence electrons. The Morgan fingerprint density at radius 3 is 2.55 bits per heavy atom. The smallest absolute Gasteiger partial charge is 0.356 e. The number of nitrogens with zero attached hydrogens (tertiary/aromatic N) is 2. The molecule has 3 heterocycles. The first kappa shape index (κ1) is 12.4. The van der Waals surface area contributed by atoms with Crippen LogP contribution in [0.25, 0.3) is 16.2 Å². The average molecular weight is 288 g/mol. The summed E-state index contributed by atoms with van der Waals surface area (Å²) in [6.45, 7) is 0. The highest BCUT2D eigenvalue weighted by molar-refractivity contribution is 7.13. The SMILES string of the molecule is O=C(O)c1ccc2c(C(=O)O)nc(-c3cccs3)n2c1. The first-order chi connectivity index (χ1) is 9.58. The number of carboxylic acids is 2. The molecule has 0 aliphatic rings. The van der Waals surface area contributed by atoms with E-state index in [2.05, 4.69) is 4.98 Å². The van der Waals surface area contributed by atoms with Gasteiger partial charge in [-0.1, -0.05) is 6.07 Å². The normalized spacial score (nSPS) is 10.8. The van der Waals surface area contributed by atoms with Gasteiger partial charge in [-0.3, -0.25) is 4.40 Å². The van der Waals surface area contributed by atoms with Crippen LogP contribution < -0.4 is 0 Å². The molecule has 0 aliphatic carbocycles. The van der Waals surface area contributed by atoms with E-state index < -0.39 is 11.9 Å². The fraction of sp³-hybridized carbons (Fsp3) is 0. The molecular formula is C13H8N2O4S. The van der Waals surface area contributed by atoms with Crippen molar-refractivity contribution in [1.82, 2.24) is 9.38 Å². The number of hydrogen-bond donors (Lipinski definition) is 2. The van der Waals surface area contributed by atoms with Crippen molar-refractivity contribution in [2.24, 2.45) is 0 Å². The number of carbonyl (C=O) groups is 2. The Kier molecular flexibility index (Phi) is 2.76. The summed E-state index contributed by atoms with van der Waals surface area (Å²) in [7, 11) is 0. The Bertz CT molecular complexity index is 820. The van der Waals surface area contributed by atoms with E-state index in [0.29, 0.717) is 11.3 Å². The Hall–Kier alpha value is -2.67. The minimum Gasteiger partial charge on any atom is -0.478 e. The largest absolute Gasteiger partial charge is 0.478 e. The van der Waals surface area contributed by atoms with Crippen LogP contribution in [0.4, 0.5) is 0 Å². The predicted octanol–water partition coefficient (Wildman–Crippen LogP) is 2.46. The van der Waals surface area contributed by atoms with Crippen molar-refractivity contribution in [2.45, 2.75) is 0 Å². The second-order valence-corrected chi connectivity index (χ2v) is 4.99. The summed E-state index contributed by atoms with van der Waals surface area (Å²) in [6.07, 6.45) is 1.38. The summed E-state index contributed by atoms with van der Waals surface area (Å²) in [5, 5.41) is 20.1. The molecule has 3 aromatic rings. The van der Waals surface area contributed by atoms with Gasteiger partial charge in [0.1, 0.15) is 0 Å². The number of aromatic carboxylic acids is 2. The highest BCUT2D eigenvalue weighted by atomic mass is 32.1. The van der Waals surface area contributed by atoms with E-state index >= 15 is 0 Å². The van der Waals surface area contributed by atoms with Gasteiger partial charge in [0.2, 0.25) is 0 Å². The molecular weight excluding hydrogens is 280 g/mol. The van der Waals surface area contributed by atoms with Crippen molar-refractivity contribution in [3.05, 3.63) is 47.1 Å². The number of fused-ring (bicyclic) bond motifs is 1. The highest BCUT2D eigenvalue weighted by Gasteiger charge is 2.19. The summed E-state index contributed by atoms with van der Waals surface area (Å²) in [5.41, 5.74) is 0.348. The quantitative estimate of drug-likeness (QED) is 0.772. The van der Waals surface area contributed by atoms with Crippen LogP contribution in [0, 0.1) is 0 Å². The number of carboxylic acid groups (broad SMARTS) is 2. The molecule has 0 aromatic carbocycles. The number of aromatic nitrogens is 2. The fourth-order valence-corrected chi connectivity index (χ4v) is 2.66. The van der Waals surface area contributed by atoms with Crippen LogP contribution in [0.2, 0.25) is 0 Å². The van der Waals surface area contributed by atoms with Crippen LogP contribution in [0.3, 0.4) is 0 Å². The van der Waals surface area contributed by atoms with Crippen molar-refractivity contribution in [2.75, 3.05) is 0 Å². The molecule has 0 bridgehead atoms. The predicted molar refractivity (Wildman–Crippen MR) is 72.4 cm³/mol. The van der Waals surface area contributed by atoms with E-state index in [1.54, 1.807) is 6.07 Å². The zero-order valence-corrected chi connectivity index (χ0v) is 10.8. The third kappa shape index (κ3) is 1.84. The molecule has 3 aromatic heterocycles. The molecule has 0 saturated heterocycles. The van der Waals surface area contributed by atoms with Crippen molar-refractivity contribution < 1.29 is 19.8 Å². The third-order valence-corrected chi connectivity index (χ3v) is 3.69. The number of pyridine rings is 1. The summed E-state index contributed by atoms with van der Waals surface area (Å²) in [5.74, 6) is -1.79. The van der Waals surface area contributed by atoms with Gasteiger partial charge >= 0.3 is 11.9 Å². The summed E-state index contributed by atoms with van der Waals surface area (Å²) in [4.78, 5) is 27.1. The number of rotatable bonds is 3. The minimum atomic E-state index is -1.15. The zero-order chi connectivity index (χ0) is 14.3. The molecule has 0 aliphatic heterocycles. The monoisotopic (exact) mass is 288 g/mol. The Morgan fingerprint density at radius 1 is 1.15 bits per heavy atom. The van der Waals surface area contributed by atoms with Gasteiger partial charge in [-0.25, -0.2) is 14.6 Å². The summed E-state index contributed by atoms with van der Waals surface area (Å²) < 4.78 is 1.50. The average Bonchev–Trinajstić information content (AvgIpc) is 3.04. The van der Waals surface area contributed by atoms with Gasteiger partial charge in [0.25, 0.3) is 0 Å². The molecule has 2 N–H and O–H groups in total. The fourth-order valence-electron chi connectivity index (χ4n) is 1.95. The maximum absolute atomic E-state index is 11.2. The Labute approximate surface area is 116 Å². The second kappa shape index (κ2) is 4.46. The van der Waals surface area contributed by atoms with Crippen LogP contribution >= 0.6 is 11.3 Å². The molecule has 0 radical (unpaired) electrons. The molecule has 0 spiro atoms. The van der Waals surface area contributed by atoms with Crippen molar-refractivity contribution >= 4 is 28.8 Å². The highest BCUT2D eigenvalue weighted by Crippen LogP contribution is 2.27. The lowest BCUT2D eigenvalue weighted by Crippen LogP contribution is -2.00. The molecule has 0 fully saturated rings. The molecule has 0 saturated carbocycles. The van der Waals surface area contributed by atoms with Crippen molar-refractivity contribution in [3.8, 4) is 10.7 Å². The number of imidazole rings is 1. The van der Waals surface area contributed by atoms with Gasteiger partial charge in [-0.05, 0) is 23.6 Å². The second-order valence-electron chi connectivity index (χ2n) is 4.04. The molecule has 3 rings (SSSR count). The molecule has 0 amide bonds. The Balaban J connectivity index is 2.35. The van der Waals surface area contributed by atoms with E-state index in [1.807, 2.05) is 11.4 Å². The summed E-state index contributed by atoms with van der Waals surface area (Å²) in [6, 6.07) is 6.45. The lowest BCUT2D eigenvalue weighted by Gasteiger charge is -2.00. The van der Waals surface area contributed by atoms with Gasteiger partial charge in [0.05, 0.1) is 16.0 Å². The van der Waals surface area contributed by atoms with Gasteiger partial charge < -0.3 is 10.2 Å². The molecule has 20 heavy (non-hydrogen) atoms. The minimum absolute atomic E-state index is 0.0737. The third-order valence-electron chi connectivity index (χ3n) is 2.83. The van der Waals surface area contributed by atoms with Gasteiger partial charge in [-0.2, -0.15) is 0 Å². The Morgan fingerprint density at radius 2 is 1.95 bits per heavy atom. The first-order valence-corrected chi connectivity index (χ1v) is 6.48.